The van der Waals surface area contributed by atoms with E-state index in [4.69, 9.17) is 0 Å². The zero-order valence-corrected chi connectivity index (χ0v) is 10.9. The van der Waals surface area contributed by atoms with Crippen molar-refractivity contribution in [3.8, 4) is 0 Å². The predicted octanol–water partition coefficient (Wildman–Crippen LogP) is 1.99. The quantitative estimate of drug-likeness (QED) is 0.549. The lowest BCUT2D eigenvalue weighted by atomic mass is 9.84. The van der Waals surface area contributed by atoms with Gasteiger partial charge in [-0.3, -0.25) is 14.9 Å². The Morgan fingerprint density at radius 2 is 1.90 bits per heavy atom. The molecule has 1 amide bonds. The van der Waals surface area contributed by atoms with Crippen molar-refractivity contribution in [3.63, 3.8) is 0 Å². The molecule has 21 heavy (non-hydrogen) atoms. The van der Waals surface area contributed by atoms with E-state index in [2.05, 4.69) is 0 Å². The molecule has 0 aromatic heterocycles. The monoisotopic (exact) mass is 302 g/mol. The number of hydrogen-bond donors (Lipinski definition) is 0. The molecule has 114 valence electrons. The van der Waals surface area contributed by atoms with Crippen molar-refractivity contribution < 1.29 is 22.9 Å². The molecule has 1 saturated heterocycles. The van der Waals surface area contributed by atoms with E-state index in [9.17, 15) is 28.1 Å². The molecule has 3 rings (SSSR count). The first kappa shape index (κ1) is 14.1. The molecule has 1 heterocycles. The maximum atomic E-state index is 12.5. The van der Waals surface area contributed by atoms with E-state index in [1.165, 1.54) is 12.2 Å². The topological polar surface area (TPSA) is 63.5 Å². The number of carbonyl (C=O) groups is 1. The highest BCUT2D eigenvalue weighted by Crippen LogP contribution is 2.49. The smallest absolute Gasteiger partial charge is 0.334 e. The normalized spacial score (nSPS) is 34.4. The maximum Gasteiger partial charge on any atom is 0.471 e. The molecule has 1 aliphatic heterocycles. The molecule has 2 fully saturated rings. The Labute approximate surface area is 118 Å². The van der Waals surface area contributed by atoms with Gasteiger partial charge < -0.3 is 4.90 Å². The summed E-state index contributed by atoms with van der Waals surface area (Å²) in [6.45, 7) is 0.0906. The van der Waals surface area contributed by atoms with Crippen LogP contribution in [0.5, 0.6) is 0 Å². The molecule has 4 atom stereocenters. The Morgan fingerprint density at radius 1 is 1.29 bits per heavy atom. The highest BCUT2D eigenvalue weighted by molar-refractivity contribution is 5.82. The Morgan fingerprint density at radius 3 is 2.48 bits per heavy atom. The Balaban J connectivity index is 1.82. The van der Waals surface area contributed by atoms with E-state index in [0.717, 1.165) is 4.90 Å². The summed E-state index contributed by atoms with van der Waals surface area (Å²) in [5.74, 6) is -2.16. The van der Waals surface area contributed by atoms with Crippen molar-refractivity contribution in [1.29, 1.82) is 0 Å². The molecule has 0 aromatic carbocycles. The molecule has 1 saturated carbocycles. The third kappa shape index (κ3) is 2.32. The van der Waals surface area contributed by atoms with Crippen LogP contribution in [0.2, 0.25) is 0 Å². The van der Waals surface area contributed by atoms with E-state index in [1.807, 2.05) is 0 Å². The number of nitrogens with zero attached hydrogens (tertiary/aromatic N) is 2. The van der Waals surface area contributed by atoms with Gasteiger partial charge in [-0.25, -0.2) is 0 Å². The van der Waals surface area contributed by atoms with Crippen molar-refractivity contribution in [2.75, 3.05) is 13.1 Å². The number of nitro groups is 1. The van der Waals surface area contributed by atoms with E-state index >= 15 is 0 Å². The fourth-order valence-electron chi connectivity index (χ4n) is 3.83. The van der Waals surface area contributed by atoms with E-state index in [1.54, 1.807) is 6.08 Å². The second kappa shape index (κ2) is 4.57. The van der Waals surface area contributed by atoms with Crippen LogP contribution in [0.1, 0.15) is 6.42 Å². The minimum absolute atomic E-state index is 0.00951. The van der Waals surface area contributed by atoms with Crippen LogP contribution in [0, 0.1) is 33.8 Å². The number of carbonyl (C=O) groups excluding carboxylic acids is 1. The van der Waals surface area contributed by atoms with E-state index in [0.29, 0.717) is 6.42 Å². The van der Waals surface area contributed by atoms with Gasteiger partial charge in [0.25, 0.3) is 5.70 Å². The molecule has 0 radical (unpaired) electrons. The first-order chi connectivity index (χ1) is 9.77. The molecule has 4 unspecified atom stereocenters. The molecule has 0 N–H and O–H groups in total. The third-order valence-corrected chi connectivity index (χ3v) is 4.64. The van der Waals surface area contributed by atoms with Crippen molar-refractivity contribution >= 4 is 5.91 Å². The second-order valence-electron chi connectivity index (χ2n) is 5.83. The van der Waals surface area contributed by atoms with Crippen molar-refractivity contribution in [2.45, 2.75) is 12.6 Å². The van der Waals surface area contributed by atoms with Crippen molar-refractivity contribution in [1.82, 2.24) is 4.90 Å². The molecule has 0 aromatic rings. The summed E-state index contributed by atoms with van der Waals surface area (Å²) in [4.78, 5) is 22.5. The average Bonchev–Trinajstić information content (AvgIpc) is 2.68. The number of halogens is 3. The number of alkyl halides is 3. The Kier molecular flexibility index (Phi) is 3.07. The number of likely N-dealkylation sites (tertiary alicyclic amines) is 1. The number of hydrogen-bond acceptors (Lipinski definition) is 3. The average molecular weight is 302 g/mol. The molecular formula is C13H13F3N2O3. The van der Waals surface area contributed by atoms with Gasteiger partial charge in [-0.2, -0.15) is 13.2 Å². The van der Waals surface area contributed by atoms with Crippen LogP contribution in [0.4, 0.5) is 13.2 Å². The van der Waals surface area contributed by atoms with Crippen LogP contribution in [0.25, 0.3) is 0 Å². The molecule has 8 heteroatoms. The first-order valence-electron chi connectivity index (χ1n) is 6.68. The molecule has 2 bridgehead atoms. The largest absolute Gasteiger partial charge is 0.471 e. The fraction of sp³-hybridized carbons (Fsp3) is 0.615. The third-order valence-electron chi connectivity index (χ3n) is 4.64. The van der Waals surface area contributed by atoms with Gasteiger partial charge in [0.2, 0.25) is 0 Å². The van der Waals surface area contributed by atoms with Gasteiger partial charge in [-0.1, -0.05) is 6.08 Å². The van der Waals surface area contributed by atoms with Crippen LogP contribution < -0.4 is 0 Å². The predicted molar refractivity (Wildman–Crippen MR) is 65.4 cm³/mol. The van der Waals surface area contributed by atoms with Gasteiger partial charge in [0.15, 0.2) is 0 Å². The zero-order chi connectivity index (χ0) is 15.4. The van der Waals surface area contributed by atoms with E-state index < -0.39 is 17.0 Å². The minimum atomic E-state index is -4.86. The summed E-state index contributed by atoms with van der Waals surface area (Å²) in [5.41, 5.74) is -0.0162. The van der Waals surface area contributed by atoms with Crippen molar-refractivity contribution in [3.05, 3.63) is 34.0 Å². The van der Waals surface area contributed by atoms with Gasteiger partial charge in [0, 0.05) is 19.2 Å². The van der Waals surface area contributed by atoms with Crippen LogP contribution >= 0.6 is 0 Å². The maximum absolute atomic E-state index is 12.5. The second-order valence-corrected chi connectivity index (χ2v) is 5.83. The summed E-state index contributed by atoms with van der Waals surface area (Å²) < 4.78 is 37.6. The van der Waals surface area contributed by atoms with E-state index in [-0.39, 0.29) is 42.5 Å². The number of rotatable bonds is 1. The first-order valence-corrected chi connectivity index (χ1v) is 6.68. The molecule has 0 spiro atoms. The molecular weight excluding hydrogens is 289 g/mol. The van der Waals surface area contributed by atoms with Gasteiger partial charge >= 0.3 is 12.1 Å². The van der Waals surface area contributed by atoms with Crippen LogP contribution in [-0.4, -0.2) is 35.0 Å². The highest BCUT2D eigenvalue weighted by atomic mass is 19.4. The number of piperidine rings is 1. The summed E-state index contributed by atoms with van der Waals surface area (Å²) in [6.07, 6.45) is 0.520. The summed E-state index contributed by atoms with van der Waals surface area (Å²) in [6, 6.07) is 0. The number of allylic oxidation sites excluding steroid dienone is 3. The lowest BCUT2D eigenvalue weighted by molar-refractivity contribution is -0.419. The van der Waals surface area contributed by atoms with Crippen LogP contribution in [0.15, 0.2) is 23.9 Å². The van der Waals surface area contributed by atoms with Gasteiger partial charge in [0.1, 0.15) is 0 Å². The van der Waals surface area contributed by atoms with Gasteiger partial charge in [-0.05, 0) is 36.2 Å². The van der Waals surface area contributed by atoms with Gasteiger partial charge in [0.05, 0.1) is 4.92 Å². The Hall–Kier alpha value is -1.86. The van der Waals surface area contributed by atoms with Crippen LogP contribution in [-0.2, 0) is 4.79 Å². The molecule has 2 aliphatic carbocycles. The van der Waals surface area contributed by atoms with Crippen molar-refractivity contribution in [2.24, 2.45) is 23.7 Å². The lowest BCUT2D eigenvalue weighted by Crippen LogP contribution is -2.47. The summed E-state index contributed by atoms with van der Waals surface area (Å²) in [7, 11) is 0. The zero-order valence-electron chi connectivity index (χ0n) is 10.9. The SMILES string of the molecule is O=C(N1CC2CC(C1)C1C=C([N+](=O)[O-])C=CC21)C(F)(F)F. The summed E-state index contributed by atoms with van der Waals surface area (Å²) >= 11 is 0. The fourth-order valence-corrected chi connectivity index (χ4v) is 3.83. The molecule has 5 nitrogen and oxygen atoms in total. The standard InChI is InChI=1S/C13H13F3N2O3/c14-13(15,16)12(19)17-5-7-3-8(6-17)11-4-9(18(20)21)1-2-10(7)11/h1-2,4,7-8,10-11H,3,5-6H2. The lowest BCUT2D eigenvalue weighted by Gasteiger charge is -2.32. The number of amides is 1. The highest BCUT2D eigenvalue weighted by Gasteiger charge is 2.52. The van der Waals surface area contributed by atoms with Gasteiger partial charge in [-0.15, -0.1) is 0 Å². The summed E-state index contributed by atoms with van der Waals surface area (Å²) in [5, 5.41) is 10.8. The minimum Gasteiger partial charge on any atom is -0.334 e. The number of fused-ring (bicyclic) bond motifs is 5. The Bertz CT molecular complexity index is 555. The van der Waals surface area contributed by atoms with Crippen LogP contribution in [0.3, 0.4) is 0 Å². The molecule has 3 aliphatic rings.